The highest BCUT2D eigenvalue weighted by molar-refractivity contribution is 5.89. The van der Waals surface area contributed by atoms with Crippen LogP contribution < -0.4 is 9.47 Å². The molecule has 0 heterocycles. The van der Waals surface area contributed by atoms with Crippen LogP contribution in [0.15, 0.2) is 30.3 Å². The van der Waals surface area contributed by atoms with Crippen LogP contribution in [0.5, 0.6) is 11.5 Å². The zero-order valence-electron chi connectivity index (χ0n) is 10.5. The quantitative estimate of drug-likeness (QED) is 0.926. The molecule has 0 aliphatic rings. The van der Waals surface area contributed by atoms with Crippen molar-refractivity contribution in [2.45, 2.75) is 13.5 Å². The zero-order chi connectivity index (χ0) is 12.3. The number of rotatable bonds is 4. The van der Waals surface area contributed by atoms with Gasteiger partial charge in [-0.15, -0.1) is 12.4 Å². The molecule has 0 aromatic heterocycles. The molecule has 0 unspecified atom stereocenters. The van der Waals surface area contributed by atoms with Crippen LogP contribution in [0.2, 0.25) is 0 Å². The number of benzene rings is 2. The summed E-state index contributed by atoms with van der Waals surface area (Å²) < 4.78 is 10.8. The molecule has 0 spiro atoms. The van der Waals surface area contributed by atoms with Gasteiger partial charge in [-0.2, -0.15) is 0 Å². The van der Waals surface area contributed by atoms with Crippen LogP contribution in [-0.4, -0.2) is 18.8 Å². The summed E-state index contributed by atoms with van der Waals surface area (Å²) >= 11 is 0. The highest BCUT2D eigenvalue weighted by atomic mass is 35.5. The maximum absolute atomic E-state index is 9.30. The topological polar surface area (TPSA) is 38.7 Å². The third-order valence-corrected chi connectivity index (χ3v) is 2.73. The number of hydrogen-bond donors (Lipinski definition) is 1. The molecule has 98 valence electrons. The number of halogens is 1. The van der Waals surface area contributed by atoms with E-state index in [0.717, 1.165) is 22.1 Å². The van der Waals surface area contributed by atoms with E-state index in [-0.39, 0.29) is 19.0 Å². The molecule has 2 aromatic rings. The van der Waals surface area contributed by atoms with Crippen LogP contribution in [0, 0.1) is 0 Å². The summed E-state index contributed by atoms with van der Waals surface area (Å²) in [6.07, 6.45) is 0. The second kappa shape index (κ2) is 6.47. The Kier molecular flexibility index (Phi) is 5.25. The van der Waals surface area contributed by atoms with E-state index >= 15 is 0 Å². The largest absolute Gasteiger partial charge is 0.493 e. The van der Waals surface area contributed by atoms with Gasteiger partial charge in [-0.3, -0.25) is 0 Å². The van der Waals surface area contributed by atoms with Crippen molar-refractivity contribution in [1.29, 1.82) is 0 Å². The molecule has 0 saturated heterocycles. The Hall–Kier alpha value is -1.45. The lowest BCUT2D eigenvalue weighted by Gasteiger charge is -2.12. The molecule has 3 nitrogen and oxygen atoms in total. The molecule has 0 fully saturated rings. The molecule has 0 amide bonds. The fourth-order valence-corrected chi connectivity index (χ4v) is 1.92. The van der Waals surface area contributed by atoms with Gasteiger partial charge in [0.1, 0.15) is 0 Å². The van der Waals surface area contributed by atoms with Gasteiger partial charge in [-0.25, -0.2) is 0 Å². The summed E-state index contributed by atoms with van der Waals surface area (Å²) in [7, 11) is 1.62. The Balaban J connectivity index is 0.00000162. The Labute approximate surface area is 113 Å². The molecule has 0 saturated carbocycles. The van der Waals surface area contributed by atoms with E-state index in [1.165, 1.54) is 0 Å². The van der Waals surface area contributed by atoms with E-state index in [9.17, 15) is 5.11 Å². The predicted molar refractivity (Wildman–Crippen MR) is 74.8 cm³/mol. The Bertz CT molecular complexity index is 526. The fraction of sp³-hybridized carbons (Fsp3) is 0.286. The third-order valence-electron chi connectivity index (χ3n) is 2.73. The van der Waals surface area contributed by atoms with Gasteiger partial charge in [-0.05, 0) is 35.4 Å². The summed E-state index contributed by atoms with van der Waals surface area (Å²) in [5, 5.41) is 11.3. The van der Waals surface area contributed by atoms with Crippen molar-refractivity contribution in [1.82, 2.24) is 0 Å². The van der Waals surface area contributed by atoms with E-state index in [1.807, 2.05) is 37.3 Å². The van der Waals surface area contributed by atoms with Gasteiger partial charge in [0.05, 0.1) is 20.3 Å². The van der Waals surface area contributed by atoms with E-state index in [0.29, 0.717) is 12.4 Å². The molecule has 2 aromatic carbocycles. The molecule has 0 aliphatic heterocycles. The smallest absolute Gasteiger partial charge is 0.161 e. The average Bonchev–Trinajstić information content (AvgIpc) is 2.37. The molecule has 0 bridgehead atoms. The van der Waals surface area contributed by atoms with E-state index in [2.05, 4.69) is 0 Å². The minimum Gasteiger partial charge on any atom is -0.493 e. The number of aliphatic hydroxyl groups excluding tert-OH is 1. The van der Waals surface area contributed by atoms with Gasteiger partial charge in [0.2, 0.25) is 0 Å². The van der Waals surface area contributed by atoms with Gasteiger partial charge in [0.25, 0.3) is 0 Å². The molecule has 0 atom stereocenters. The van der Waals surface area contributed by atoms with Crippen LogP contribution in [0.25, 0.3) is 10.8 Å². The van der Waals surface area contributed by atoms with Crippen molar-refractivity contribution in [3.05, 3.63) is 35.9 Å². The van der Waals surface area contributed by atoms with Crippen LogP contribution in [0.4, 0.5) is 0 Å². The Morgan fingerprint density at radius 2 is 1.94 bits per heavy atom. The minimum atomic E-state index is 0. The van der Waals surface area contributed by atoms with Crippen molar-refractivity contribution in [2.24, 2.45) is 0 Å². The van der Waals surface area contributed by atoms with E-state index in [1.54, 1.807) is 7.11 Å². The van der Waals surface area contributed by atoms with E-state index < -0.39 is 0 Å². The lowest BCUT2D eigenvalue weighted by molar-refractivity contribution is 0.283. The molecule has 0 aliphatic carbocycles. The Morgan fingerprint density at radius 1 is 1.17 bits per heavy atom. The van der Waals surface area contributed by atoms with Gasteiger partial charge >= 0.3 is 0 Å². The van der Waals surface area contributed by atoms with Crippen molar-refractivity contribution < 1.29 is 14.6 Å². The summed E-state index contributed by atoms with van der Waals surface area (Å²) in [6.45, 7) is 2.56. The maximum atomic E-state index is 9.30. The van der Waals surface area contributed by atoms with Crippen LogP contribution in [0.1, 0.15) is 12.5 Å². The normalized spacial score (nSPS) is 9.94. The van der Waals surface area contributed by atoms with Crippen molar-refractivity contribution in [3.8, 4) is 11.5 Å². The summed E-state index contributed by atoms with van der Waals surface area (Å²) in [5.74, 6) is 1.43. The number of aliphatic hydroxyl groups is 1. The fourth-order valence-electron chi connectivity index (χ4n) is 1.92. The number of hydrogen-bond acceptors (Lipinski definition) is 3. The zero-order valence-corrected chi connectivity index (χ0v) is 11.3. The molecule has 2 rings (SSSR count). The molecule has 4 heteroatoms. The number of fused-ring (bicyclic) bond motifs is 1. The number of methoxy groups -OCH3 is 1. The van der Waals surface area contributed by atoms with Crippen LogP contribution in [-0.2, 0) is 6.61 Å². The molecule has 1 N–H and O–H groups in total. The summed E-state index contributed by atoms with van der Waals surface area (Å²) in [6, 6.07) is 9.68. The molecular weight excluding hydrogens is 252 g/mol. The first-order valence-corrected chi connectivity index (χ1v) is 5.63. The van der Waals surface area contributed by atoms with Crippen molar-refractivity contribution in [2.75, 3.05) is 13.7 Å². The SMILES string of the molecule is CCOc1cc2cccc(CO)c2cc1OC.Cl. The molecule has 18 heavy (non-hydrogen) atoms. The monoisotopic (exact) mass is 268 g/mol. The maximum Gasteiger partial charge on any atom is 0.161 e. The highest BCUT2D eigenvalue weighted by Crippen LogP contribution is 2.33. The van der Waals surface area contributed by atoms with Gasteiger partial charge in [0.15, 0.2) is 11.5 Å². The number of ether oxygens (including phenoxy) is 2. The van der Waals surface area contributed by atoms with Crippen molar-refractivity contribution >= 4 is 23.2 Å². The minimum absolute atomic E-state index is 0. The Morgan fingerprint density at radius 3 is 2.56 bits per heavy atom. The van der Waals surface area contributed by atoms with Gasteiger partial charge in [0, 0.05) is 0 Å². The lowest BCUT2D eigenvalue weighted by atomic mass is 10.0. The van der Waals surface area contributed by atoms with Crippen LogP contribution >= 0.6 is 12.4 Å². The van der Waals surface area contributed by atoms with Gasteiger partial charge in [-0.1, -0.05) is 18.2 Å². The first kappa shape index (κ1) is 14.6. The average molecular weight is 269 g/mol. The predicted octanol–water partition coefficient (Wildman–Crippen LogP) is 3.16. The molecule has 0 radical (unpaired) electrons. The third kappa shape index (κ3) is 2.68. The van der Waals surface area contributed by atoms with Crippen molar-refractivity contribution in [3.63, 3.8) is 0 Å². The highest BCUT2D eigenvalue weighted by Gasteiger charge is 2.08. The first-order valence-electron chi connectivity index (χ1n) is 5.63. The van der Waals surface area contributed by atoms with Gasteiger partial charge < -0.3 is 14.6 Å². The summed E-state index contributed by atoms with van der Waals surface area (Å²) in [4.78, 5) is 0. The van der Waals surface area contributed by atoms with E-state index in [4.69, 9.17) is 9.47 Å². The molecular formula is C14H17ClO3. The first-order chi connectivity index (χ1) is 8.30. The van der Waals surface area contributed by atoms with Crippen LogP contribution in [0.3, 0.4) is 0 Å². The standard InChI is InChI=1S/C14H16O3.ClH/c1-3-17-14-7-10-5-4-6-11(9-15)12(10)8-13(14)16-2;/h4-8,15H,3,9H2,1-2H3;1H. The second-order valence-electron chi connectivity index (χ2n) is 3.73. The summed E-state index contributed by atoms with van der Waals surface area (Å²) in [5.41, 5.74) is 0.892. The lowest BCUT2D eigenvalue weighted by Crippen LogP contribution is -1.96. The second-order valence-corrected chi connectivity index (χ2v) is 3.73.